The molecule has 374 valence electrons. The van der Waals surface area contributed by atoms with Crippen LogP contribution >= 0.6 is 0 Å². The van der Waals surface area contributed by atoms with Gasteiger partial charge in [-0.05, 0) is 51.4 Å². The van der Waals surface area contributed by atoms with E-state index in [2.05, 4.69) is 31.3 Å². The van der Waals surface area contributed by atoms with Crippen LogP contribution in [0.4, 0.5) is 0 Å². The van der Waals surface area contributed by atoms with Crippen molar-refractivity contribution in [3.8, 4) is 0 Å². The summed E-state index contributed by atoms with van der Waals surface area (Å²) in [5.74, 6) is -0.0325. The Balaban J connectivity index is 3.41. The number of hydrogen-bond donors (Lipinski definition) is 3. The second-order valence-corrected chi connectivity index (χ2v) is 19.6. The number of amides is 1. The van der Waals surface area contributed by atoms with Crippen molar-refractivity contribution in [1.29, 1.82) is 0 Å². The van der Waals surface area contributed by atoms with Crippen LogP contribution in [0.1, 0.15) is 316 Å². The molecule has 0 rings (SSSR count). The van der Waals surface area contributed by atoms with Crippen molar-refractivity contribution in [2.45, 2.75) is 328 Å². The predicted molar refractivity (Wildman–Crippen MR) is 273 cm³/mol. The number of esters is 1. The number of ether oxygens (including phenoxy) is 1. The number of hydrogen-bond acceptors (Lipinski definition) is 5. The SMILES string of the molecule is CCCCCCCCCCCCCCCC(O)C(CO)NC(=O)CCCCCCCCC/C=C\CCCCCCCCCCCCOC(=O)CCCCCCCCCCCCCC. The fourth-order valence-corrected chi connectivity index (χ4v) is 8.93. The van der Waals surface area contributed by atoms with Crippen molar-refractivity contribution >= 4 is 11.9 Å². The smallest absolute Gasteiger partial charge is 0.305 e. The van der Waals surface area contributed by atoms with E-state index >= 15 is 0 Å². The first kappa shape index (κ1) is 61.6. The standard InChI is InChI=1S/C57H111NO5/c1-3-5-7-9-11-13-15-26-29-33-37-41-45-49-55(60)54(53-59)58-56(61)50-46-42-38-34-30-27-24-22-20-18-17-19-21-23-25-28-32-36-40-44-48-52-63-57(62)51-47-43-39-35-31-16-14-12-10-8-6-4-2/h18,20,54-55,59-60H,3-17,19,21-53H2,1-2H3,(H,58,61)/b20-18-. The molecule has 0 aliphatic rings. The van der Waals surface area contributed by atoms with Crippen molar-refractivity contribution < 1.29 is 24.5 Å². The molecule has 1 amide bonds. The molecule has 0 heterocycles. The lowest BCUT2D eigenvalue weighted by atomic mass is 10.0. The second kappa shape index (κ2) is 53.2. The molecule has 0 aliphatic heterocycles. The van der Waals surface area contributed by atoms with E-state index in [1.165, 1.54) is 244 Å². The molecule has 0 saturated carbocycles. The van der Waals surface area contributed by atoms with Crippen LogP contribution in [0.15, 0.2) is 12.2 Å². The number of aliphatic hydroxyl groups excluding tert-OH is 2. The number of aliphatic hydroxyl groups is 2. The highest BCUT2D eigenvalue weighted by atomic mass is 16.5. The molecule has 0 saturated heterocycles. The lowest BCUT2D eigenvalue weighted by molar-refractivity contribution is -0.143. The zero-order valence-electron chi connectivity index (χ0n) is 42.6. The first-order chi connectivity index (χ1) is 31.0. The maximum atomic E-state index is 12.4. The van der Waals surface area contributed by atoms with E-state index in [4.69, 9.17) is 4.74 Å². The first-order valence-electron chi connectivity index (χ1n) is 28.4. The molecule has 63 heavy (non-hydrogen) atoms. The molecule has 0 aromatic heterocycles. The minimum Gasteiger partial charge on any atom is -0.466 e. The third kappa shape index (κ3) is 49.9. The Morgan fingerprint density at radius 2 is 0.746 bits per heavy atom. The Kier molecular flexibility index (Phi) is 52.0. The van der Waals surface area contributed by atoms with Crippen LogP contribution < -0.4 is 5.32 Å². The van der Waals surface area contributed by atoms with E-state index < -0.39 is 12.1 Å². The molecule has 6 nitrogen and oxygen atoms in total. The molecule has 0 spiro atoms. The second-order valence-electron chi connectivity index (χ2n) is 19.6. The van der Waals surface area contributed by atoms with Gasteiger partial charge in [0.2, 0.25) is 5.91 Å². The molecule has 6 heteroatoms. The number of unbranched alkanes of at least 4 members (excludes halogenated alkanes) is 40. The summed E-state index contributed by atoms with van der Waals surface area (Å²) in [5, 5.41) is 23.2. The Morgan fingerprint density at radius 1 is 0.429 bits per heavy atom. The molecule has 2 unspecified atom stereocenters. The normalized spacial score (nSPS) is 12.6. The van der Waals surface area contributed by atoms with Gasteiger partial charge in [0.15, 0.2) is 0 Å². The Hall–Kier alpha value is -1.40. The van der Waals surface area contributed by atoms with Gasteiger partial charge in [-0.15, -0.1) is 0 Å². The maximum absolute atomic E-state index is 12.4. The average molecular weight is 891 g/mol. The molecule has 0 bridgehead atoms. The lowest BCUT2D eigenvalue weighted by Crippen LogP contribution is -2.45. The zero-order chi connectivity index (χ0) is 45.8. The van der Waals surface area contributed by atoms with E-state index in [0.29, 0.717) is 25.9 Å². The fourth-order valence-electron chi connectivity index (χ4n) is 8.93. The van der Waals surface area contributed by atoms with Gasteiger partial charge in [-0.3, -0.25) is 9.59 Å². The highest BCUT2D eigenvalue weighted by Crippen LogP contribution is 2.17. The molecule has 3 N–H and O–H groups in total. The zero-order valence-corrected chi connectivity index (χ0v) is 42.6. The van der Waals surface area contributed by atoms with E-state index in [0.717, 1.165) is 38.5 Å². The molecule has 0 aliphatic carbocycles. The third-order valence-electron chi connectivity index (χ3n) is 13.3. The summed E-state index contributed by atoms with van der Waals surface area (Å²) in [6.45, 7) is 4.95. The van der Waals surface area contributed by atoms with Gasteiger partial charge in [0.1, 0.15) is 0 Å². The van der Waals surface area contributed by atoms with Gasteiger partial charge in [0, 0.05) is 12.8 Å². The summed E-state index contributed by atoms with van der Waals surface area (Å²) in [4.78, 5) is 24.4. The summed E-state index contributed by atoms with van der Waals surface area (Å²) >= 11 is 0. The fraction of sp³-hybridized carbons (Fsp3) is 0.930. The van der Waals surface area contributed by atoms with Gasteiger partial charge in [-0.25, -0.2) is 0 Å². The molecule has 0 fully saturated rings. The van der Waals surface area contributed by atoms with Crippen LogP contribution in [-0.4, -0.2) is 47.4 Å². The van der Waals surface area contributed by atoms with E-state index in [9.17, 15) is 19.8 Å². The van der Waals surface area contributed by atoms with E-state index in [1.54, 1.807) is 0 Å². The Morgan fingerprint density at radius 3 is 1.13 bits per heavy atom. The largest absolute Gasteiger partial charge is 0.466 e. The third-order valence-corrected chi connectivity index (χ3v) is 13.3. The van der Waals surface area contributed by atoms with Crippen LogP contribution in [0, 0.1) is 0 Å². The minimum atomic E-state index is -0.667. The molecular weight excluding hydrogens is 779 g/mol. The van der Waals surface area contributed by atoms with Crippen LogP contribution in [0.25, 0.3) is 0 Å². The van der Waals surface area contributed by atoms with E-state index in [1.807, 2.05) is 0 Å². The minimum absolute atomic E-state index is 0.00921. The number of nitrogens with one attached hydrogen (secondary N) is 1. The van der Waals surface area contributed by atoms with Gasteiger partial charge in [0.25, 0.3) is 0 Å². The van der Waals surface area contributed by atoms with Crippen molar-refractivity contribution in [3.05, 3.63) is 12.2 Å². The predicted octanol–water partition coefficient (Wildman–Crippen LogP) is 17.3. The van der Waals surface area contributed by atoms with Crippen molar-refractivity contribution in [1.82, 2.24) is 5.32 Å². The number of rotatable bonds is 53. The van der Waals surface area contributed by atoms with Gasteiger partial charge >= 0.3 is 5.97 Å². The average Bonchev–Trinajstić information content (AvgIpc) is 3.28. The monoisotopic (exact) mass is 890 g/mol. The molecular formula is C57H111NO5. The van der Waals surface area contributed by atoms with Crippen molar-refractivity contribution in [3.63, 3.8) is 0 Å². The Bertz CT molecular complexity index is 939. The molecule has 2 atom stereocenters. The highest BCUT2D eigenvalue weighted by Gasteiger charge is 2.20. The quantitative estimate of drug-likeness (QED) is 0.0321. The molecule has 0 aromatic carbocycles. The van der Waals surface area contributed by atoms with Crippen LogP contribution in [0.3, 0.4) is 0 Å². The summed E-state index contributed by atoms with van der Waals surface area (Å²) in [7, 11) is 0. The lowest BCUT2D eigenvalue weighted by Gasteiger charge is -2.22. The number of carbonyl (C=O) groups excluding carboxylic acids is 2. The first-order valence-corrected chi connectivity index (χ1v) is 28.4. The van der Waals surface area contributed by atoms with E-state index in [-0.39, 0.29) is 18.5 Å². The van der Waals surface area contributed by atoms with Crippen molar-refractivity contribution in [2.24, 2.45) is 0 Å². The van der Waals surface area contributed by atoms with Gasteiger partial charge in [-0.1, -0.05) is 264 Å². The van der Waals surface area contributed by atoms with Crippen molar-refractivity contribution in [2.75, 3.05) is 13.2 Å². The summed E-state index contributed by atoms with van der Waals surface area (Å²) in [6.07, 6.45) is 62.0. The van der Waals surface area contributed by atoms with Crippen LogP contribution in [0.5, 0.6) is 0 Å². The van der Waals surface area contributed by atoms with Gasteiger partial charge in [0.05, 0.1) is 25.4 Å². The number of allylic oxidation sites excluding steroid dienone is 2. The summed E-state index contributed by atoms with van der Waals surface area (Å²) in [6, 6.07) is -0.545. The number of carbonyl (C=O) groups is 2. The van der Waals surface area contributed by atoms with Crippen LogP contribution in [-0.2, 0) is 14.3 Å². The van der Waals surface area contributed by atoms with Gasteiger partial charge in [-0.2, -0.15) is 0 Å². The van der Waals surface area contributed by atoms with Crippen LogP contribution in [0.2, 0.25) is 0 Å². The topological polar surface area (TPSA) is 95.9 Å². The molecule has 0 aromatic rings. The van der Waals surface area contributed by atoms with Gasteiger partial charge < -0.3 is 20.3 Å². The maximum Gasteiger partial charge on any atom is 0.305 e. The molecule has 0 radical (unpaired) electrons. The highest BCUT2D eigenvalue weighted by molar-refractivity contribution is 5.76. The Labute approximate surface area is 393 Å². The summed E-state index contributed by atoms with van der Waals surface area (Å²) < 4.78 is 5.47. The summed E-state index contributed by atoms with van der Waals surface area (Å²) in [5.41, 5.74) is 0.